The largest absolute Gasteiger partial charge is 0.341 e. The highest BCUT2D eigenvalue weighted by molar-refractivity contribution is 6.18. The number of benzene rings is 1. The molecule has 1 aromatic rings. The first-order valence-electron chi connectivity index (χ1n) is 4.22. The van der Waals surface area contributed by atoms with Crippen molar-refractivity contribution in [3.63, 3.8) is 0 Å². The van der Waals surface area contributed by atoms with E-state index in [0.29, 0.717) is 18.0 Å². The van der Waals surface area contributed by atoms with Gasteiger partial charge in [-0.2, -0.15) is 0 Å². The van der Waals surface area contributed by atoms with E-state index in [-0.39, 0.29) is 5.91 Å². The number of nitrogens with zero attached hydrogens (tertiary/aromatic N) is 1. The first kappa shape index (κ1) is 11.0. The molecular weight excluding hydrogens is 205 g/mol. The average Bonchev–Trinajstić information content (AvgIpc) is 2.17. The predicted molar refractivity (Wildman–Crippen MR) is 54.1 cm³/mol. The third-order valence-electron chi connectivity index (χ3n) is 1.84. The Kier molecular flexibility index (Phi) is 3.89. The number of hydrogen-bond donors (Lipinski definition) is 0. The van der Waals surface area contributed by atoms with Crippen LogP contribution in [0.2, 0.25) is 0 Å². The van der Waals surface area contributed by atoms with Crippen LogP contribution in [0, 0.1) is 5.82 Å². The van der Waals surface area contributed by atoms with Crippen LogP contribution < -0.4 is 0 Å². The lowest BCUT2D eigenvalue weighted by atomic mass is 10.2. The van der Waals surface area contributed by atoms with E-state index in [1.807, 2.05) is 0 Å². The maximum absolute atomic E-state index is 12.8. The second kappa shape index (κ2) is 4.96. The molecule has 0 aliphatic heterocycles. The summed E-state index contributed by atoms with van der Waals surface area (Å²) in [7, 11) is 1.63. The highest BCUT2D eigenvalue weighted by Crippen LogP contribution is 2.06. The molecular formula is C10H11ClFNO. The maximum Gasteiger partial charge on any atom is 0.253 e. The van der Waals surface area contributed by atoms with Crippen molar-refractivity contribution in [1.82, 2.24) is 4.90 Å². The van der Waals surface area contributed by atoms with Gasteiger partial charge in [-0.1, -0.05) is 6.07 Å². The summed E-state index contributed by atoms with van der Waals surface area (Å²) in [5.41, 5.74) is 0.345. The first-order valence-corrected chi connectivity index (χ1v) is 4.75. The lowest BCUT2D eigenvalue weighted by Gasteiger charge is -2.15. The summed E-state index contributed by atoms with van der Waals surface area (Å²) < 4.78 is 12.8. The Morgan fingerprint density at radius 1 is 1.57 bits per heavy atom. The van der Waals surface area contributed by atoms with E-state index >= 15 is 0 Å². The van der Waals surface area contributed by atoms with E-state index in [2.05, 4.69) is 0 Å². The molecule has 0 N–H and O–H groups in total. The minimum Gasteiger partial charge on any atom is -0.341 e. The van der Waals surface area contributed by atoms with Crippen LogP contribution in [0.1, 0.15) is 10.4 Å². The summed E-state index contributed by atoms with van der Waals surface area (Å²) >= 11 is 5.49. The predicted octanol–water partition coefficient (Wildman–Crippen LogP) is 2.14. The maximum atomic E-state index is 12.8. The molecule has 0 fully saturated rings. The van der Waals surface area contributed by atoms with E-state index in [1.54, 1.807) is 13.1 Å². The fourth-order valence-corrected chi connectivity index (χ4v) is 1.32. The third-order valence-corrected chi connectivity index (χ3v) is 2.01. The fourth-order valence-electron chi connectivity index (χ4n) is 1.07. The van der Waals surface area contributed by atoms with Gasteiger partial charge in [0.25, 0.3) is 5.91 Å². The summed E-state index contributed by atoms with van der Waals surface area (Å²) in [4.78, 5) is 13.0. The highest BCUT2D eigenvalue weighted by Gasteiger charge is 2.10. The van der Waals surface area contributed by atoms with Gasteiger partial charge in [0.05, 0.1) is 0 Å². The van der Waals surface area contributed by atoms with E-state index in [9.17, 15) is 9.18 Å². The first-order chi connectivity index (χ1) is 6.65. The number of rotatable bonds is 3. The van der Waals surface area contributed by atoms with E-state index < -0.39 is 5.82 Å². The van der Waals surface area contributed by atoms with Crippen LogP contribution in [0.5, 0.6) is 0 Å². The summed E-state index contributed by atoms with van der Waals surface area (Å²) in [5, 5.41) is 0. The quantitative estimate of drug-likeness (QED) is 0.708. The van der Waals surface area contributed by atoms with Crippen LogP contribution in [0.25, 0.3) is 0 Å². The molecule has 0 saturated carbocycles. The summed E-state index contributed by atoms with van der Waals surface area (Å²) in [6.45, 7) is 0.455. The van der Waals surface area contributed by atoms with Gasteiger partial charge in [-0.3, -0.25) is 4.79 Å². The second-order valence-corrected chi connectivity index (χ2v) is 3.30. The Bertz CT molecular complexity index is 330. The zero-order chi connectivity index (χ0) is 10.6. The van der Waals surface area contributed by atoms with Gasteiger partial charge in [0.1, 0.15) is 5.82 Å². The molecule has 0 aromatic heterocycles. The molecule has 0 aliphatic rings. The Balaban J connectivity index is 2.78. The van der Waals surface area contributed by atoms with Crippen LogP contribution in [-0.4, -0.2) is 30.3 Å². The molecule has 4 heteroatoms. The van der Waals surface area contributed by atoms with Crippen LogP contribution in [-0.2, 0) is 0 Å². The molecule has 0 aliphatic carbocycles. The molecule has 2 nitrogen and oxygen atoms in total. The van der Waals surface area contributed by atoms with Crippen LogP contribution in [0.15, 0.2) is 24.3 Å². The topological polar surface area (TPSA) is 20.3 Å². The molecule has 14 heavy (non-hydrogen) atoms. The van der Waals surface area contributed by atoms with E-state index in [0.717, 1.165) is 0 Å². The summed E-state index contributed by atoms with van der Waals surface area (Å²) in [6.07, 6.45) is 0. The van der Waals surface area contributed by atoms with E-state index in [1.165, 1.54) is 23.1 Å². The molecule has 76 valence electrons. The SMILES string of the molecule is CN(CCCl)C(=O)c1cccc(F)c1. The number of amides is 1. The van der Waals surface area contributed by atoms with Gasteiger partial charge < -0.3 is 4.90 Å². The van der Waals surface area contributed by atoms with Gasteiger partial charge in [-0.25, -0.2) is 4.39 Å². The van der Waals surface area contributed by atoms with Crippen molar-refractivity contribution in [3.05, 3.63) is 35.6 Å². The molecule has 1 rings (SSSR count). The lowest BCUT2D eigenvalue weighted by molar-refractivity contribution is 0.0803. The van der Waals surface area contributed by atoms with Gasteiger partial charge >= 0.3 is 0 Å². The Morgan fingerprint density at radius 3 is 2.86 bits per heavy atom. The smallest absolute Gasteiger partial charge is 0.253 e. The average molecular weight is 216 g/mol. The molecule has 0 unspecified atom stereocenters. The fraction of sp³-hybridized carbons (Fsp3) is 0.300. The molecule has 1 aromatic carbocycles. The van der Waals surface area contributed by atoms with E-state index in [4.69, 9.17) is 11.6 Å². The highest BCUT2D eigenvalue weighted by atomic mass is 35.5. The summed E-state index contributed by atoms with van der Waals surface area (Å²) in [5.74, 6) is -0.252. The number of carbonyl (C=O) groups excluding carboxylic acids is 1. The third kappa shape index (κ3) is 2.70. The van der Waals surface area contributed by atoms with Crippen LogP contribution >= 0.6 is 11.6 Å². The normalized spacial score (nSPS) is 9.93. The molecule has 0 atom stereocenters. The Morgan fingerprint density at radius 2 is 2.29 bits per heavy atom. The van der Waals surface area contributed by atoms with Crippen molar-refractivity contribution in [1.29, 1.82) is 0 Å². The molecule has 1 amide bonds. The van der Waals surface area contributed by atoms with Gasteiger partial charge in [0, 0.05) is 25.0 Å². The summed E-state index contributed by atoms with van der Waals surface area (Å²) in [6, 6.07) is 5.61. The molecule has 0 heterocycles. The van der Waals surface area contributed by atoms with Gasteiger partial charge in [0.15, 0.2) is 0 Å². The van der Waals surface area contributed by atoms with Crippen molar-refractivity contribution in [2.45, 2.75) is 0 Å². The minimum absolute atomic E-state index is 0.217. The van der Waals surface area contributed by atoms with Crippen molar-refractivity contribution >= 4 is 17.5 Å². The standard InChI is InChI=1S/C10H11ClFNO/c1-13(6-5-11)10(14)8-3-2-4-9(12)7-8/h2-4,7H,5-6H2,1H3. The molecule has 0 spiro atoms. The molecule has 0 bridgehead atoms. The number of halogens is 2. The Labute approximate surface area is 87.3 Å². The van der Waals surface area contributed by atoms with Crippen molar-refractivity contribution in [2.75, 3.05) is 19.5 Å². The van der Waals surface area contributed by atoms with Gasteiger partial charge in [-0.15, -0.1) is 11.6 Å². The lowest BCUT2D eigenvalue weighted by Crippen LogP contribution is -2.28. The van der Waals surface area contributed by atoms with Crippen molar-refractivity contribution < 1.29 is 9.18 Å². The Hall–Kier alpha value is -1.09. The number of hydrogen-bond acceptors (Lipinski definition) is 1. The van der Waals surface area contributed by atoms with Crippen molar-refractivity contribution in [3.8, 4) is 0 Å². The minimum atomic E-state index is -0.407. The second-order valence-electron chi connectivity index (χ2n) is 2.93. The van der Waals surface area contributed by atoms with Crippen LogP contribution in [0.3, 0.4) is 0 Å². The zero-order valence-electron chi connectivity index (χ0n) is 7.84. The zero-order valence-corrected chi connectivity index (χ0v) is 8.59. The number of carbonyl (C=O) groups is 1. The van der Waals surface area contributed by atoms with Gasteiger partial charge in [-0.05, 0) is 18.2 Å². The number of alkyl halides is 1. The van der Waals surface area contributed by atoms with Crippen molar-refractivity contribution in [2.24, 2.45) is 0 Å². The molecule has 0 saturated heterocycles. The van der Waals surface area contributed by atoms with Crippen LogP contribution in [0.4, 0.5) is 4.39 Å². The molecule has 0 radical (unpaired) electrons. The monoisotopic (exact) mass is 215 g/mol. The van der Waals surface area contributed by atoms with Gasteiger partial charge in [0.2, 0.25) is 0 Å².